The van der Waals surface area contributed by atoms with Crippen LogP contribution in [0, 0.1) is 22.7 Å². The fourth-order valence-corrected chi connectivity index (χ4v) is 2.80. The van der Waals surface area contributed by atoms with Crippen molar-refractivity contribution in [2.45, 2.75) is 12.7 Å². The number of rotatable bonds is 3. The second-order valence-electron chi connectivity index (χ2n) is 5.64. The largest absolute Gasteiger partial charge is 0.416 e. The summed E-state index contributed by atoms with van der Waals surface area (Å²) in [5.41, 5.74) is 1.00. The number of halogens is 3. The van der Waals surface area contributed by atoms with Crippen molar-refractivity contribution in [1.82, 2.24) is 4.57 Å². The molecule has 0 aliphatic carbocycles. The number of allylic oxidation sites excluding steroid dienone is 1. The summed E-state index contributed by atoms with van der Waals surface area (Å²) in [5.74, 6) is 0. The summed E-state index contributed by atoms with van der Waals surface area (Å²) in [6.45, 7) is 0.139. The Morgan fingerprint density at radius 1 is 1.08 bits per heavy atom. The van der Waals surface area contributed by atoms with Crippen LogP contribution >= 0.6 is 0 Å². The molecule has 0 atom stereocenters. The molecule has 6 heteroatoms. The number of hydrogen-bond acceptors (Lipinski definition) is 2. The van der Waals surface area contributed by atoms with Gasteiger partial charge in [0.1, 0.15) is 6.54 Å². The lowest BCUT2D eigenvalue weighted by Crippen LogP contribution is -2.04. The Bertz CT molecular complexity index is 1080. The molecule has 0 radical (unpaired) electrons. The molecule has 3 aromatic rings. The zero-order valence-electron chi connectivity index (χ0n) is 13.5. The SMILES string of the molecule is N#CCn1cc(C=C(C#N)c2cccc(C(F)(F)F)c2)c2ccccc21. The molecule has 1 heterocycles. The molecule has 3 rings (SSSR count). The van der Waals surface area contributed by atoms with Gasteiger partial charge in [-0.05, 0) is 29.8 Å². The maximum atomic E-state index is 12.9. The third-order valence-corrected chi connectivity index (χ3v) is 3.98. The molecule has 0 saturated carbocycles. The Morgan fingerprint density at radius 2 is 1.85 bits per heavy atom. The van der Waals surface area contributed by atoms with E-state index in [1.807, 2.05) is 30.3 Å². The van der Waals surface area contributed by atoms with E-state index in [1.54, 1.807) is 16.8 Å². The van der Waals surface area contributed by atoms with Gasteiger partial charge < -0.3 is 4.57 Å². The van der Waals surface area contributed by atoms with Crippen molar-refractivity contribution in [2.75, 3.05) is 0 Å². The van der Waals surface area contributed by atoms with Crippen molar-refractivity contribution >= 4 is 22.6 Å². The third kappa shape index (κ3) is 3.31. The van der Waals surface area contributed by atoms with Crippen LogP contribution in [-0.2, 0) is 12.7 Å². The van der Waals surface area contributed by atoms with Crippen LogP contribution in [-0.4, -0.2) is 4.57 Å². The van der Waals surface area contributed by atoms with E-state index in [4.69, 9.17) is 5.26 Å². The predicted octanol–water partition coefficient (Wildman–Crippen LogP) is 5.25. The van der Waals surface area contributed by atoms with Gasteiger partial charge in [-0.2, -0.15) is 23.7 Å². The minimum atomic E-state index is -4.47. The summed E-state index contributed by atoms with van der Waals surface area (Å²) in [4.78, 5) is 0. The lowest BCUT2D eigenvalue weighted by atomic mass is 10.0. The van der Waals surface area contributed by atoms with E-state index >= 15 is 0 Å². The first-order chi connectivity index (χ1) is 12.4. The molecule has 0 aliphatic rings. The summed E-state index contributed by atoms with van der Waals surface area (Å²) in [7, 11) is 0. The van der Waals surface area contributed by atoms with E-state index in [0.29, 0.717) is 5.56 Å². The topological polar surface area (TPSA) is 52.5 Å². The molecule has 0 fully saturated rings. The molecule has 0 amide bonds. The number of nitrogens with zero attached hydrogens (tertiary/aromatic N) is 3. The van der Waals surface area contributed by atoms with Crippen LogP contribution in [0.15, 0.2) is 54.7 Å². The smallest absolute Gasteiger partial charge is 0.333 e. The second-order valence-corrected chi connectivity index (χ2v) is 5.64. The van der Waals surface area contributed by atoms with Gasteiger partial charge in [0.05, 0.1) is 23.3 Å². The van der Waals surface area contributed by atoms with Crippen molar-refractivity contribution in [1.29, 1.82) is 10.5 Å². The van der Waals surface area contributed by atoms with Crippen molar-refractivity contribution in [3.63, 3.8) is 0 Å². The zero-order valence-corrected chi connectivity index (χ0v) is 13.5. The summed E-state index contributed by atoms with van der Waals surface area (Å²) >= 11 is 0. The van der Waals surface area contributed by atoms with Gasteiger partial charge in [0.15, 0.2) is 0 Å². The monoisotopic (exact) mass is 351 g/mol. The van der Waals surface area contributed by atoms with Crippen LogP contribution in [0.5, 0.6) is 0 Å². The summed E-state index contributed by atoms with van der Waals surface area (Å²) in [5, 5.41) is 19.2. The van der Waals surface area contributed by atoms with Crippen molar-refractivity contribution < 1.29 is 13.2 Å². The highest BCUT2D eigenvalue weighted by Gasteiger charge is 2.30. The number of hydrogen-bond donors (Lipinski definition) is 0. The molecule has 0 aliphatic heterocycles. The molecule has 1 aromatic heterocycles. The van der Waals surface area contributed by atoms with Crippen LogP contribution in [0.25, 0.3) is 22.6 Å². The lowest BCUT2D eigenvalue weighted by molar-refractivity contribution is -0.137. The number of alkyl halides is 3. The molecule has 26 heavy (non-hydrogen) atoms. The van der Waals surface area contributed by atoms with Crippen molar-refractivity contribution in [2.24, 2.45) is 0 Å². The molecule has 2 aromatic carbocycles. The van der Waals surface area contributed by atoms with Gasteiger partial charge in [0, 0.05) is 22.7 Å². The zero-order chi connectivity index (χ0) is 18.7. The average Bonchev–Trinajstić information content (AvgIpc) is 2.97. The first-order valence-corrected chi connectivity index (χ1v) is 7.68. The van der Waals surface area contributed by atoms with E-state index in [9.17, 15) is 18.4 Å². The molecule has 0 saturated heterocycles. The summed E-state index contributed by atoms with van der Waals surface area (Å²) in [6.07, 6.45) is -1.20. The fourth-order valence-electron chi connectivity index (χ4n) is 2.80. The van der Waals surface area contributed by atoms with Crippen LogP contribution < -0.4 is 0 Å². The number of para-hydroxylation sites is 1. The van der Waals surface area contributed by atoms with E-state index in [2.05, 4.69) is 6.07 Å². The van der Waals surface area contributed by atoms with E-state index in [0.717, 1.165) is 23.0 Å². The van der Waals surface area contributed by atoms with E-state index < -0.39 is 11.7 Å². The third-order valence-electron chi connectivity index (χ3n) is 3.98. The highest BCUT2D eigenvalue weighted by molar-refractivity contribution is 5.98. The van der Waals surface area contributed by atoms with Gasteiger partial charge in [-0.15, -0.1) is 0 Å². The van der Waals surface area contributed by atoms with Crippen molar-refractivity contribution in [3.8, 4) is 12.1 Å². The van der Waals surface area contributed by atoms with Gasteiger partial charge in [-0.1, -0.05) is 30.3 Å². The van der Waals surface area contributed by atoms with Crippen molar-refractivity contribution in [3.05, 3.63) is 71.4 Å². The van der Waals surface area contributed by atoms with Gasteiger partial charge in [-0.25, -0.2) is 0 Å². The quantitative estimate of drug-likeness (QED) is 0.605. The highest BCUT2D eigenvalue weighted by Crippen LogP contribution is 2.32. The normalized spacial score (nSPS) is 12.0. The molecule has 0 N–H and O–H groups in total. The molecular weight excluding hydrogens is 339 g/mol. The van der Waals surface area contributed by atoms with Gasteiger partial charge >= 0.3 is 6.18 Å². The summed E-state index contributed by atoms with van der Waals surface area (Å²) in [6, 6.07) is 16.1. The number of benzene rings is 2. The lowest BCUT2D eigenvalue weighted by Gasteiger charge is -2.08. The molecule has 0 unspecified atom stereocenters. The molecule has 3 nitrogen and oxygen atoms in total. The predicted molar refractivity (Wildman–Crippen MR) is 92.5 cm³/mol. The first-order valence-electron chi connectivity index (χ1n) is 7.68. The Labute approximate surface area is 147 Å². The van der Waals surface area contributed by atoms with Crippen LogP contribution in [0.2, 0.25) is 0 Å². The Hall–Kier alpha value is -3.51. The van der Waals surface area contributed by atoms with Crippen LogP contribution in [0.1, 0.15) is 16.7 Å². The number of aromatic nitrogens is 1. The van der Waals surface area contributed by atoms with Gasteiger partial charge in [0.25, 0.3) is 0 Å². The molecule has 0 bridgehead atoms. The fraction of sp³-hybridized carbons (Fsp3) is 0.100. The Kier molecular flexibility index (Phi) is 4.51. The summed E-state index contributed by atoms with van der Waals surface area (Å²) < 4.78 is 40.5. The van der Waals surface area contributed by atoms with Gasteiger partial charge in [0.2, 0.25) is 0 Å². The maximum Gasteiger partial charge on any atom is 0.416 e. The van der Waals surface area contributed by atoms with E-state index in [1.165, 1.54) is 12.1 Å². The number of fused-ring (bicyclic) bond motifs is 1. The highest BCUT2D eigenvalue weighted by atomic mass is 19.4. The average molecular weight is 351 g/mol. The van der Waals surface area contributed by atoms with Gasteiger partial charge in [-0.3, -0.25) is 0 Å². The minimum Gasteiger partial charge on any atom is -0.333 e. The Morgan fingerprint density at radius 3 is 2.54 bits per heavy atom. The first kappa shape index (κ1) is 17.3. The van der Waals surface area contributed by atoms with Crippen LogP contribution in [0.4, 0.5) is 13.2 Å². The minimum absolute atomic E-state index is 0.121. The second kappa shape index (κ2) is 6.78. The Balaban J connectivity index is 2.13. The number of nitriles is 2. The molecular formula is C20H12F3N3. The maximum absolute atomic E-state index is 12.9. The molecule has 128 valence electrons. The van der Waals surface area contributed by atoms with Crippen LogP contribution in [0.3, 0.4) is 0 Å². The standard InChI is InChI=1S/C20H12F3N3/c21-20(22,23)17-5-3-4-14(11-17)15(12-25)10-16-13-26(9-8-24)19-7-2-1-6-18(16)19/h1-7,10-11,13H,9H2. The molecule has 0 spiro atoms. The van der Waals surface area contributed by atoms with E-state index in [-0.39, 0.29) is 17.7 Å².